The Kier molecular flexibility index (Phi) is 3.28. The molecule has 14 heavy (non-hydrogen) atoms. The molecule has 0 radical (unpaired) electrons. The van der Waals surface area contributed by atoms with Gasteiger partial charge in [-0.15, -0.1) is 0 Å². The molecular formula is C8H11BrN4O. The number of hydrogen-bond donors (Lipinski definition) is 1. The van der Waals surface area contributed by atoms with Crippen LogP contribution in [-0.2, 0) is 4.74 Å². The van der Waals surface area contributed by atoms with Crippen molar-refractivity contribution in [3.05, 3.63) is 16.9 Å². The Hall–Kier alpha value is -0.720. The normalized spacial score (nSPS) is 18.1. The van der Waals surface area contributed by atoms with Crippen LogP contribution in [0.15, 0.2) is 16.9 Å². The number of ether oxygens (including phenoxy) is 1. The number of aromatic nitrogens is 2. The number of rotatable bonds is 2. The number of hydrazine groups is 1. The molecule has 1 N–H and O–H groups in total. The topological polar surface area (TPSA) is 50.3 Å². The summed E-state index contributed by atoms with van der Waals surface area (Å²) in [5.74, 6) is 0.620. The van der Waals surface area contributed by atoms with Crippen LogP contribution in [0.5, 0.6) is 0 Å². The van der Waals surface area contributed by atoms with Crippen LogP contribution in [0, 0.1) is 0 Å². The Balaban J connectivity index is 1.92. The molecule has 2 rings (SSSR count). The Morgan fingerprint density at radius 1 is 1.29 bits per heavy atom. The molecule has 1 saturated heterocycles. The number of anilines is 1. The van der Waals surface area contributed by atoms with E-state index in [0.717, 1.165) is 30.8 Å². The Bertz CT molecular complexity index is 286. The van der Waals surface area contributed by atoms with Gasteiger partial charge in [-0.2, -0.15) is 0 Å². The van der Waals surface area contributed by atoms with Gasteiger partial charge in [-0.1, -0.05) is 0 Å². The van der Waals surface area contributed by atoms with E-state index < -0.39 is 0 Å². The third-order valence-corrected chi connectivity index (χ3v) is 2.30. The molecule has 76 valence electrons. The van der Waals surface area contributed by atoms with Crippen molar-refractivity contribution in [3.63, 3.8) is 0 Å². The van der Waals surface area contributed by atoms with Crippen molar-refractivity contribution >= 4 is 21.9 Å². The quantitative estimate of drug-likeness (QED) is 0.855. The van der Waals surface area contributed by atoms with Crippen LogP contribution in [0.4, 0.5) is 5.95 Å². The third kappa shape index (κ3) is 2.63. The second-order valence-corrected chi connectivity index (χ2v) is 3.85. The highest BCUT2D eigenvalue weighted by Crippen LogP contribution is 2.07. The summed E-state index contributed by atoms with van der Waals surface area (Å²) < 4.78 is 6.11. The first-order chi connectivity index (χ1) is 6.84. The largest absolute Gasteiger partial charge is 0.379 e. The molecular weight excluding hydrogens is 248 g/mol. The predicted molar refractivity (Wildman–Crippen MR) is 55.7 cm³/mol. The van der Waals surface area contributed by atoms with Crippen molar-refractivity contribution in [2.75, 3.05) is 31.7 Å². The first-order valence-corrected chi connectivity index (χ1v) is 5.21. The highest BCUT2D eigenvalue weighted by Gasteiger charge is 2.10. The fraction of sp³-hybridized carbons (Fsp3) is 0.500. The summed E-state index contributed by atoms with van der Waals surface area (Å²) in [6.45, 7) is 3.23. The van der Waals surface area contributed by atoms with Gasteiger partial charge in [0.1, 0.15) is 0 Å². The third-order valence-electron chi connectivity index (χ3n) is 1.89. The minimum absolute atomic E-state index is 0.620. The van der Waals surface area contributed by atoms with Gasteiger partial charge in [0.2, 0.25) is 5.95 Å². The first-order valence-electron chi connectivity index (χ1n) is 4.41. The monoisotopic (exact) mass is 258 g/mol. The van der Waals surface area contributed by atoms with E-state index >= 15 is 0 Å². The maximum Gasteiger partial charge on any atom is 0.237 e. The van der Waals surface area contributed by atoms with Gasteiger partial charge < -0.3 is 4.74 Å². The van der Waals surface area contributed by atoms with Gasteiger partial charge in [0.25, 0.3) is 0 Å². The van der Waals surface area contributed by atoms with Crippen LogP contribution < -0.4 is 5.43 Å². The minimum atomic E-state index is 0.620. The van der Waals surface area contributed by atoms with E-state index in [1.807, 2.05) is 5.01 Å². The lowest BCUT2D eigenvalue weighted by Gasteiger charge is -2.26. The molecule has 1 aliphatic heterocycles. The van der Waals surface area contributed by atoms with Crippen molar-refractivity contribution in [3.8, 4) is 0 Å². The van der Waals surface area contributed by atoms with E-state index in [2.05, 4.69) is 31.3 Å². The zero-order valence-electron chi connectivity index (χ0n) is 7.61. The smallest absolute Gasteiger partial charge is 0.237 e. The molecule has 6 heteroatoms. The summed E-state index contributed by atoms with van der Waals surface area (Å²) in [5, 5.41) is 2.05. The van der Waals surface area contributed by atoms with Crippen molar-refractivity contribution < 1.29 is 4.74 Å². The summed E-state index contributed by atoms with van der Waals surface area (Å²) in [6, 6.07) is 0. The first kappa shape index (κ1) is 9.82. The minimum Gasteiger partial charge on any atom is -0.379 e. The van der Waals surface area contributed by atoms with Crippen molar-refractivity contribution in [2.45, 2.75) is 0 Å². The van der Waals surface area contributed by atoms with Gasteiger partial charge in [-0.3, -0.25) is 5.43 Å². The Morgan fingerprint density at radius 3 is 2.57 bits per heavy atom. The van der Waals surface area contributed by atoms with Crippen LogP contribution in [0.25, 0.3) is 0 Å². The van der Waals surface area contributed by atoms with E-state index in [-0.39, 0.29) is 0 Å². The summed E-state index contributed by atoms with van der Waals surface area (Å²) in [4.78, 5) is 8.24. The maximum atomic E-state index is 5.23. The fourth-order valence-corrected chi connectivity index (χ4v) is 1.39. The summed E-state index contributed by atoms with van der Waals surface area (Å²) >= 11 is 3.28. The number of halogens is 1. The SMILES string of the molecule is Brc1cnc(NN2CCOCC2)nc1. The van der Waals surface area contributed by atoms with Crippen molar-refractivity contribution in [1.29, 1.82) is 0 Å². The predicted octanol–water partition coefficient (Wildman–Crippen LogP) is 0.898. The molecule has 1 aliphatic rings. The summed E-state index contributed by atoms with van der Waals surface area (Å²) in [6.07, 6.45) is 3.44. The van der Waals surface area contributed by atoms with E-state index in [0.29, 0.717) is 5.95 Å². The summed E-state index contributed by atoms with van der Waals surface area (Å²) in [5.41, 5.74) is 3.12. The zero-order chi connectivity index (χ0) is 9.80. The molecule has 1 fully saturated rings. The van der Waals surface area contributed by atoms with Crippen LogP contribution in [0.3, 0.4) is 0 Å². The number of hydrogen-bond acceptors (Lipinski definition) is 5. The second-order valence-electron chi connectivity index (χ2n) is 2.94. The summed E-state index contributed by atoms with van der Waals surface area (Å²) in [7, 11) is 0. The highest BCUT2D eigenvalue weighted by atomic mass is 79.9. The van der Waals surface area contributed by atoms with E-state index in [1.54, 1.807) is 12.4 Å². The standard InChI is InChI=1S/C8H11BrN4O/c9-7-5-10-8(11-6-7)12-13-1-3-14-4-2-13/h5-6H,1-4H2,(H,10,11,12). The molecule has 0 spiro atoms. The molecule has 5 nitrogen and oxygen atoms in total. The van der Waals surface area contributed by atoms with E-state index in [4.69, 9.17) is 4.74 Å². The molecule has 0 amide bonds. The molecule has 0 aromatic carbocycles. The van der Waals surface area contributed by atoms with Crippen molar-refractivity contribution in [2.24, 2.45) is 0 Å². The molecule has 0 atom stereocenters. The Morgan fingerprint density at radius 2 is 1.93 bits per heavy atom. The lowest BCUT2D eigenvalue weighted by molar-refractivity contribution is 0.0492. The fourth-order valence-electron chi connectivity index (χ4n) is 1.19. The molecule has 0 bridgehead atoms. The van der Waals surface area contributed by atoms with Crippen LogP contribution >= 0.6 is 15.9 Å². The molecule has 0 aliphatic carbocycles. The van der Waals surface area contributed by atoms with E-state index in [9.17, 15) is 0 Å². The lowest BCUT2D eigenvalue weighted by atomic mass is 10.5. The van der Waals surface area contributed by atoms with Crippen LogP contribution in [0.1, 0.15) is 0 Å². The maximum absolute atomic E-state index is 5.23. The molecule has 1 aromatic rings. The highest BCUT2D eigenvalue weighted by molar-refractivity contribution is 9.10. The van der Waals surface area contributed by atoms with Crippen molar-refractivity contribution in [1.82, 2.24) is 15.0 Å². The molecule has 2 heterocycles. The molecule has 0 saturated carbocycles. The van der Waals surface area contributed by atoms with Gasteiger partial charge in [0.15, 0.2) is 0 Å². The lowest BCUT2D eigenvalue weighted by Crippen LogP contribution is -2.40. The average molecular weight is 259 g/mol. The van der Waals surface area contributed by atoms with Crippen LogP contribution in [-0.4, -0.2) is 41.3 Å². The number of nitrogens with zero attached hydrogens (tertiary/aromatic N) is 3. The molecule has 1 aromatic heterocycles. The van der Waals surface area contributed by atoms with Gasteiger partial charge in [-0.05, 0) is 15.9 Å². The average Bonchev–Trinajstić information content (AvgIpc) is 2.23. The zero-order valence-corrected chi connectivity index (χ0v) is 9.20. The second kappa shape index (κ2) is 4.68. The van der Waals surface area contributed by atoms with Gasteiger partial charge in [0, 0.05) is 25.5 Å². The Labute approximate surface area is 90.6 Å². The van der Waals surface area contributed by atoms with E-state index in [1.165, 1.54) is 0 Å². The number of nitrogens with one attached hydrogen (secondary N) is 1. The number of morpholine rings is 1. The molecule has 0 unspecified atom stereocenters. The van der Waals surface area contributed by atoms with Gasteiger partial charge >= 0.3 is 0 Å². The van der Waals surface area contributed by atoms with Crippen LogP contribution in [0.2, 0.25) is 0 Å². The van der Waals surface area contributed by atoms with Gasteiger partial charge in [0.05, 0.1) is 17.7 Å². The van der Waals surface area contributed by atoms with Gasteiger partial charge in [-0.25, -0.2) is 15.0 Å².